The van der Waals surface area contributed by atoms with Gasteiger partial charge in [0.15, 0.2) is 0 Å². The molecule has 202 valence electrons. The van der Waals surface area contributed by atoms with Crippen LogP contribution < -0.4 is 5.32 Å². The fraction of sp³-hybridized carbons (Fsp3) is 0.382. The number of phenolic OH excluding ortho intramolecular Hbond substituents is 1. The highest BCUT2D eigenvalue weighted by Gasteiger charge is 2.55. The number of aryl methyl sites for hydroxylation is 1. The smallest absolute Gasteiger partial charge is 0.261 e. The minimum absolute atomic E-state index is 0.0363. The Morgan fingerprint density at radius 2 is 1.85 bits per heavy atom. The summed E-state index contributed by atoms with van der Waals surface area (Å²) in [7, 11) is 0. The number of fused-ring (bicyclic) bond motifs is 2. The molecule has 4 nitrogen and oxygen atoms in total. The summed E-state index contributed by atoms with van der Waals surface area (Å²) >= 11 is 1.57. The topological polar surface area (TPSA) is 52.6 Å². The molecule has 1 aromatic heterocycles. The number of carbonyl (C=O) groups is 1. The normalized spacial score (nSPS) is 25.3. The van der Waals surface area contributed by atoms with Gasteiger partial charge in [-0.25, -0.2) is 0 Å². The van der Waals surface area contributed by atoms with Gasteiger partial charge in [-0.15, -0.1) is 11.3 Å². The second-order valence-electron chi connectivity index (χ2n) is 11.9. The average Bonchev–Trinajstić information content (AvgIpc) is 3.39. The lowest BCUT2D eigenvalue weighted by Crippen LogP contribution is -2.61. The molecule has 3 atom stereocenters. The van der Waals surface area contributed by atoms with Crippen molar-refractivity contribution in [3.8, 4) is 5.75 Å². The summed E-state index contributed by atoms with van der Waals surface area (Å²) < 4.78 is 1.15. The van der Waals surface area contributed by atoms with Crippen LogP contribution in [-0.2, 0) is 11.8 Å². The Labute approximate surface area is 235 Å². The third kappa shape index (κ3) is 5.22. The zero-order valence-electron chi connectivity index (χ0n) is 22.7. The zero-order valence-corrected chi connectivity index (χ0v) is 23.6. The largest absolute Gasteiger partial charge is 0.508 e. The summed E-state index contributed by atoms with van der Waals surface area (Å²) in [5.41, 5.74) is 2.61. The molecule has 2 N–H and O–H groups in total. The molecule has 2 heterocycles. The van der Waals surface area contributed by atoms with Crippen molar-refractivity contribution >= 4 is 27.3 Å². The van der Waals surface area contributed by atoms with Gasteiger partial charge in [0.1, 0.15) is 5.75 Å². The van der Waals surface area contributed by atoms with E-state index in [0.717, 1.165) is 73.1 Å². The quantitative estimate of drug-likeness (QED) is 0.262. The summed E-state index contributed by atoms with van der Waals surface area (Å²) in [6, 6.07) is 29.0. The Kier molecular flexibility index (Phi) is 7.22. The van der Waals surface area contributed by atoms with E-state index in [0.29, 0.717) is 5.75 Å². The number of likely N-dealkylation sites (tertiary alicyclic amines) is 1. The Morgan fingerprint density at radius 3 is 2.67 bits per heavy atom. The number of benzene rings is 3. The first-order chi connectivity index (χ1) is 18.9. The van der Waals surface area contributed by atoms with Crippen LogP contribution in [-0.4, -0.2) is 41.6 Å². The molecule has 39 heavy (non-hydrogen) atoms. The van der Waals surface area contributed by atoms with Crippen molar-refractivity contribution in [1.82, 2.24) is 10.2 Å². The lowest BCUT2D eigenvalue weighted by atomic mass is 9.50. The highest BCUT2D eigenvalue weighted by molar-refractivity contribution is 7.20. The number of rotatable bonds is 7. The van der Waals surface area contributed by atoms with Gasteiger partial charge in [-0.3, -0.25) is 4.79 Å². The van der Waals surface area contributed by atoms with Crippen LogP contribution in [0.1, 0.15) is 59.8 Å². The van der Waals surface area contributed by atoms with Gasteiger partial charge >= 0.3 is 0 Å². The third-order valence-corrected chi connectivity index (χ3v) is 10.5. The first kappa shape index (κ1) is 26.1. The van der Waals surface area contributed by atoms with Crippen LogP contribution in [0.2, 0.25) is 0 Å². The molecular weight excluding hydrogens is 500 g/mol. The molecule has 4 aromatic rings. The standard InChI is InChI=1S/C34H38N2O2S/c1-33-17-16-28(35-32(38)31-21-26-12-5-6-15-30(26)39-31)23-34(33,27-13-7-14-29(37)22-27)18-20-36(24-33)19-8-11-25-9-3-2-4-10-25/h2-7,9-10,12-15,21-22,28,37H,8,11,16-20,23-24H2,1H3,(H,35,38)/t28-,33-,34-/m1/s1. The highest BCUT2D eigenvalue weighted by Crippen LogP contribution is 2.57. The Balaban J connectivity index is 1.20. The van der Waals surface area contributed by atoms with Gasteiger partial charge in [0.25, 0.3) is 5.91 Å². The number of hydrogen-bond acceptors (Lipinski definition) is 4. The lowest BCUT2D eigenvalue weighted by molar-refractivity contribution is -0.0305. The number of amides is 1. The number of nitrogens with zero attached hydrogens (tertiary/aromatic N) is 1. The molecule has 0 radical (unpaired) electrons. The van der Waals surface area contributed by atoms with E-state index < -0.39 is 0 Å². The molecule has 0 unspecified atom stereocenters. The number of aromatic hydroxyl groups is 1. The molecule has 3 aromatic carbocycles. The number of phenols is 1. The third-order valence-electron chi connectivity index (χ3n) is 9.39. The van der Waals surface area contributed by atoms with Crippen molar-refractivity contribution in [3.05, 3.63) is 101 Å². The maximum Gasteiger partial charge on any atom is 0.261 e. The molecule has 6 rings (SSSR count). The second-order valence-corrected chi connectivity index (χ2v) is 13.0. The maximum absolute atomic E-state index is 13.4. The van der Waals surface area contributed by atoms with E-state index >= 15 is 0 Å². The summed E-state index contributed by atoms with van der Waals surface area (Å²) in [6.45, 7) is 5.64. The van der Waals surface area contributed by atoms with Crippen LogP contribution in [0.15, 0.2) is 84.9 Å². The van der Waals surface area contributed by atoms with Crippen LogP contribution in [0.25, 0.3) is 10.1 Å². The fourth-order valence-electron chi connectivity index (χ4n) is 7.29. The molecule has 0 spiro atoms. The minimum atomic E-state index is -0.0853. The van der Waals surface area contributed by atoms with Crippen molar-refractivity contribution in [2.75, 3.05) is 19.6 Å². The van der Waals surface area contributed by atoms with Crippen molar-refractivity contribution < 1.29 is 9.90 Å². The van der Waals surface area contributed by atoms with Crippen molar-refractivity contribution in [2.24, 2.45) is 5.41 Å². The highest BCUT2D eigenvalue weighted by atomic mass is 32.1. The first-order valence-corrected chi connectivity index (χ1v) is 15.1. The molecule has 1 saturated heterocycles. The molecule has 1 aliphatic heterocycles. The van der Waals surface area contributed by atoms with Gasteiger partial charge in [0.2, 0.25) is 0 Å². The molecule has 1 amide bonds. The molecule has 0 bridgehead atoms. The molecule has 5 heteroatoms. The van der Waals surface area contributed by atoms with Gasteiger partial charge < -0.3 is 15.3 Å². The molecule has 1 saturated carbocycles. The van der Waals surface area contributed by atoms with Crippen LogP contribution >= 0.6 is 11.3 Å². The number of hydrogen-bond donors (Lipinski definition) is 2. The van der Waals surface area contributed by atoms with E-state index in [1.54, 1.807) is 17.4 Å². The predicted octanol–water partition coefficient (Wildman–Crippen LogP) is 7.17. The summed E-state index contributed by atoms with van der Waals surface area (Å²) in [4.78, 5) is 16.8. The van der Waals surface area contributed by atoms with E-state index in [1.807, 2.05) is 30.3 Å². The van der Waals surface area contributed by atoms with Gasteiger partial charge in [-0.1, -0.05) is 67.6 Å². The average molecular weight is 539 g/mol. The number of carbonyl (C=O) groups excluding carboxylic acids is 1. The van der Waals surface area contributed by atoms with E-state index in [2.05, 4.69) is 65.7 Å². The molecule has 1 aliphatic carbocycles. The van der Waals surface area contributed by atoms with Crippen molar-refractivity contribution in [1.29, 1.82) is 0 Å². The minimum Gasteiger partial charge on any atom is -0.508 e. The SMILES string of the molecule is C[C@]12CC[C@@H](NC(=O)c3cc4ccccc4s3)C[C@@]1(c1cccc(O)c1)CCN(CCCc1ccccc1)C2. The van der Waals surface area contributed by atoms with Crippen LogP contribution in [0.5, 0.6) is 5.75 Å². The summed E-state index contributed by atoms with van der Waals surface area (Å²) in [5, 5.41) is 15.0. The predicted molar refractivity (Wildman–Crippen MR) is 161 cm³/mol. The number of thiophene rings is 1. The second kappa shape index (κ2) is 10.8. The van der Waals surface area contributed by atoms with Crippen molar-refractivity contribution in [3.63, 3.8) is 0 Å². The lowest BCUT2D eigenvalue weighted by Gasteiger charge is -2.59. The van der Waals surface area contributed by atoms with Gasteiger partial charge in [0.05, 0.1) is 4.88 Å². The molecular formula is C34H38N2O2S. The molecule has 2 fully saturated rings. The van der Waals surface area contributed by atoms with Gasteiger partial charge in [0, 0.05) is 22.7 Å². The van der Waals surface area contributed by atoms with Gasteiger partial charge in [-0.2, -0.15) is 0 Å². The fourth-order valence-corrected chi connectivity index (χ4v) is 8.25. The molecule has 2 aliphatic rings. The summed E-state index contributed by atoms with van der Waals surface area (Å²) in [6.07, 6.45) is 6.24. The Morgan fingerprint density at radius 1 is 1.03 bits per heavy atom. The number of piperidine rings is 1. The van der Waals surface area contributed by atoms with Crippen LogP contribution in [0, 0.1) is 5.41 Å². The summed E-state index contributed by atoms with van der Waals surface area (Å²) in [5.74, 6) is 0.361. The van der Waals surface area contributed by atoms with Crippen molar-refractivity contribution in [2.45, 2.75) is 56.9 Å². The van der Waals surface area contributed by atoms with Crippen LogP contribution in [0.4, 0.5) is 0 Å². The van der Waals surface area contributed by atoms with E-state index in [-0.39, 0.29) is 22.8 Å². The van der Waals surface area contributed by atoms with Gasteiger partial charge in [-0.05, 0) is 97.8 Å². The monoisotopic (exact) mass is 538 g/mol. The van der Waals surface area contributed by atoms with Crippen LogP contribution in [0.3, 0.4) is 0 Å². The maximum atomic E-state index is 13.4. The Bertz CT molecular complexity index is 1420. The van der Waals surface area contributed by atoms with E-state index in [9.17, 15) is 9.90 Å². The van der Waals surface area contributed by atoms with E-state index in [1.165, 1.54) is 11.1 Å². The Hall–Kier alpha value is -3.15. The zero-order chi connectivity index (χ0) is 26.9. The first-order valence-electron chi connectivity index (χ1n) is 14.3. The van der Waals surface area contributed by atoms with E-state index in [4.69, 9.17) is 0 Å². The number of nitrogens with one attached hydrogen (secondary N) is 1.